The highest BCUT2D eigenvalue weighted by Crippen LogP contribution is 2.31. The van der Waals surface area contributed by atoms with E-state index >= 15 is 0 Å². The molecule has 0 aliphatic heterocycles. The van der Waals surface area contributed by atoms with Crippen molar-refractivity contribution < 1.29 is 19.1 Å². The topological polar surface area (TPSA) is 107 Å². The summed E-state index contributed by atoms with van der Waals surface area (Å²) in [6.45, 7) is 6.96. The van der Waals surface area contributed by atoms with Crippen molar-refractivity contribution in [2.75, 3.05) is 5.32 Å². The number of fused-ring (bicyclic) bond motifs is 3. The molecule has 0 spiro atoms. The molecule has 2 aromatic heterocycles. The van der Waals surface area contributed by atoms with Gasteiger partial charge in [-0.3, -0.25) is 14.2 Å². The van der Waals surface area contributed by atoms with Gasteiger partial charge in [-0.15, -0.1) is 0 Å². The summed E-state index contributed by atoms with van der Waals surface area (Å²) < 4.78 is 12.7. The van der Waals surface area contributed by atoms with Crippen molar-refractivity contribution in [3.8, 4) is 17.1 Å². The second-order valence-corrected chi connectivity index (χ2v) is 10.2. The first-order chi connectivity index (χ1) is 18.1. The van der Waals surface area contributed by atoms with Crippen molar-refractivity contribution in [1.82, 2.24) is 9.55 Å². The van der Waals surface area contributed by atoms with Gasteiger partial charge in [0.25, 0.3) is 5.56 Å². The number of aromatic hydroxyl groups is 1. The van der Waals surface area contributed by atoms with Crippen LogP contribution in [-0.4, -0.2) is 26.2 Å². The lowest BCUT2D eigenvalue weighted by Gasteiger charge is -2.21. The number of carbonyl (C=O) groups is 1. The predicted octanol–water partition coefficient (Wildman–Crippen LogP) is 6.03. The normalized spacial score (nSPS) is 12.5. The Morgan fingerprint density at radius 2 is 1.76 bits per heavy atom. The number of phenols is 1. The maximum Gasteiger partial charge on any atom is 0.326 e. The number of benzene rings is 3. The minimum absolute atomic E-state index is 0.0873. The fourth-order valence-electron chi connectivity index (χ4n) is 4.41. The van der Waals surface area contributed by atoms with E-state index in [1.165, 1.54) is 22.9 Å². The van der Waals surface area contributed by atoms with Crippen molar-refractivity contribution >= 4 is 33.6 Å². The molecule has 1 atom stereocenters. The van der Waals surface area contributed by atoms with E-state index in [-0.39, 0.29) is 24.0 Å². The summed E-state index contributed by atoms with van der Waals surface area (Å²) >= 11 is 0. The van der Waals surface area contributed by atoms with E-state index in [9.17, 15) is 14.7 Å². The van der Waals surface area contributed by atoms with Crippen LogP contribution in [0.25, 0.3) is 33.3 Å². The molecule has 0 unspecified atom stereocenters. The van der Waals surface area contributed by atoms with E-state index in [0.717, 1.165) is 27.5 Å². The van der Waals surface area contributed by atoms with Gasteiger partial charge in [0.1, 0.15) is 40.6 Å². The highest BCUT2D eigenvalue weighted by Gasteiger charge is 2.21. The Balaban J connectivity index is 1.50. The third-order valence-corrected chi connectivity index (χ3v) is 6.15. The third kappa shape index (κ3) is 5.11. The van der Waals surface area contributed by atoms with Crippen LogP contribution in [0, 0.1) is 0 Å². The molecule has 2 N–H and O–H groups in total. The molecule has 5 rings (SSSR count). The Kier molecular flexibility index (Phi) is 6.40. The number of nitrogens with one attached hydrogen (secondary N) is 1. The summed E-state index contributed by atoms with van der Waals surface area (Å²) in [5.41, 5.74) is 2.30. The van der Waals surface area contributed by atoms with Gasteiger partial charge < -0.3 is 19.6 Å². The van der Waals surface area contributed by atoms with Crippen LogP contribution in [0.5, 0.6) is 5.75 Å². The molecule has 5 aromatic rings. The smallest absolute Gasteiger partial charge is 0.326 e. The minimum Gasteiger partial charge on any atom is -0.508 e. The number of phenolic OH excluding ortho intramolecular Hbond substituents is 1. The van der Waals surface area contributed by atoms with Crippen LogP contribution in [-0.2, 0) is 16.1 Å². The molecule has 0 aliphatic carbocycles. The number of aromatic nitrogens is 2. The van der Waals surface area contributed by atoms with Crippen LogP contribution in [0.3, 0.4) is 0 Å². The average Bonchev–Trinajstić information content (AvgIpc) is 3.24. The molecular weight excluding hydrogens is 482 g/mol. The summed E-state index contributed by atoms with van der Waals surface area (Å²) in [6, 6.07) is 19.9. The zero-order chi connectivity index (χ0) is 27.0. The van der Waals surface area contributed by atoms with Crippen LogP contribution >= 0.6 is 0 Å². The lowest BCUT2D eigenvalue weighted by molar-refractivity contribution is -0.155. The number of furan rings is 1. The van der Waals surface area contributed by atoms with Gasteiger partial charge in [-0.25, -0.2) is 4.98 Å². The van der Waals surface area contributed by atoms with Crippen LogP contribution in [0.15, 0.2) is 82.1 Å². The fraction of sp³-hybridized carbons (Fsp3) is 0.233. The third-order valence-electron chi connectivity index (χ3n) is 6.15. The molecule has 0 bridgehead atoms. The van der Waals surface area contributed by atoms with Gasteiger partial charge in [0.05, 0.1) is 6.20 Å². The Morgan fingerprint density at radius 3 is 2.50 bits per heavy atom. The second-order valence-electron chi connectivity index (χ2n) is 10.2. The molecule has 8 heteroatoms. The second kappa shape index (κ2) is 9.70. The van der Waals surface area contributed by atoms with E-state index in [1.54, 1.807) is 32.9 Å². The molecule has 3 aromatic carbocycles. The molecule has 0 saturated heterocycles. The zero-order valence-corrected chi connectivity index (χ0v) is 21.7. The Hall–Kier alpha value is -4.59. The van der Waals surface area contributed by atoms with Gasteiger partial charge in [-0.05, 0) is 75.7 Å². The van der Waals surface area contributed by atoms with E-state index in [4.69, 9.17) is 9.15 Å². The Bertz CT molecular complexity index is 1690. The molecule has 0 amide bonds. The number of nitrogens with zero attached hydrogens (tertiary/aromatic N) is 2. The van der Waals surface area contributed by atoms with Crippen molar-refractivity contribution in [3.05, 3.63) is 88.8 Å². The summed E-state index contributed by atoms with van der Waals surface area (Å²) in [7, 11) is 0. The van der Waals surface area contributed by atoms with E-state index < -0.39 is 17.1 Å². The first-order valence-corrected chi connectivity index (χ1v) is 12.4. The highest BCUT2D eigenvalue weighted by atomic mass is 16.6. The number of hydrogen-bond donors (Lipinski definition) is 2. The average molecular weight is 512 g/mol. The summed E-state index contributed by atoms with van der Waals surface area (Å²) in [6.07, 6.45) is 1.47. The van der Waals surface area contributed by atoms with Crippen molar-refractivity contribution in [3.63, 3.8) is 0 Å². The van der Waals surface area contributed by atoms with Gasteiger partial charge in [0, 0.05) is 22.4 Å². The van der Waals surface area contributed by atoms with E-state index in [0.29, 0.717) is 11.4 Å². The molecule has 0 saturated carbocycles. The summed E-state index contributed by atoms with van der Waals surface area (Å²) in [5.74, 6) is -0.168. The monoisotopic (exact) mass is 511 g/mol. The summed E-state index contributed by atoms with van der Waals surface area (Å²) in [5, 5.41) is 15.0. The Labute approximate surface area is 219 Å². The molecule has 0 aliphatic rings. The van der Waals surface area contributed by atoms with E-state index in [1.807, 2.05) is 43.3 Å². The molecule has 38 heavy (non-hydrogen) atoms. The minimum atomic E-state index is -0.701. The largest absolute Gasteiger partial charge is 0.508 e. The molecule has 194 valence electrons. The van der Waals surface area contributed by atoms with Gasteiger partial charge in [-0.2, -0.15) is 0 Å². The fourth-order valence-corrected chi connectivity index (χ4v) is 4.41. The Morgan fingerprint density at radius 1 is 1.05 bits per heavy atom. The van der Waals surface area contributed by atoms with Gasteiger partial charge in [0.2, 0.25) is 0 Å². The maximum absolute atomic E-state index is 13.6. The molecular formula is C30H29N3O5. The summed E-state index contributed by atoms with van der Waals surface area (Å²) in [4.78, 5) is 30.8. The quantitative estimate of drug-likeness (QED) is 0.268. The van der Waals surface area contributed by atoms with Gasteiger partial charge >= 0.3 is 5.97 Å². The first kappa shape index (κ1) is 25.1. The predicted molar refractivity (Wildman–Crippen MR) is 147 cm³/mol. The van der Waals surface area contributed by atoms with Gasteiger partial charge in [0.15, 0.2) is 0 Å². The molecule has 8 nitrogen and oxygen atoms in total. The number of carbonyl (C=O) groups excluding carboxylic acids is 1. The highest BCUT2D eigenvalue weighted by molar-refractivity contribution is 6.05. The first-order valence-electron chi connectivity index (χ1n) is 12.4. The number of rotatable bonds is 6. The maximum atomic E-state index is 13.6. The van der Waals surface area contributed by atoms with Crippen molar-refractivity contribution in [2.45, 2.75) is 45.9 Å². The van der Waals surface area contributed by atoms with Crippen LogP contribution in [0.4, 0.5) is 5.69 Å². The van der Waals surface area contributed by atoms with Gasteiger partial charge in [-0.1, -0.05) is 24.3 Å². The molecule has 0 fully saturated rings. The number of hydrogen-bond acceptors (Lipinski definition) is 7. The number of para-hydroxylation sites is 1. The number of anilines is 1. The van der Waals surface area contributed by atoms with Crippen LogP contribution < -0.4 is 10.9 Å². The van der Waals surface area contributed by atoms with E-state index in [2.05, 4.69) is 16.4 Å². The van der Waals surface area contributed by atoms with Crippen LogP contribution in [0.2, 0.25) is 0 Å². The standard InChI is InChI=1S/C30H29N3O5/c1-18(20-11-14-26-23(15-20)22-7-5-6-8-25(22)37-26)32-24-16-31-28(19-9-12-21(34)13-10-19)33(29(24)36)17-27(35)38-30(2,3)4/h5-16,18,32,34H,17H2,1-4H3/t18-/m1/s1. The van der Waals surface area contributed by atoms with Crippen LogP contribution in [0.1, 0.15) is 39.3 Å². The lowest BCUT2D eigenvalue weighted by Crippen LogP contribution is -2.33. The molecule has 0 radical (unpaired) electrons. The number of ether oxygens (including phenoxy) is 1. The molecule has 2 heterocycles. The zero-order valence-electron chi connectivity index (χ0n) is 21.7. The number of esters is 1. The SMILES string of the molecule is C[C@@H](Nc1cnc(-c2ccc(O)cc2)n(CC(=O)OC(C)(C)C)c1=O)c1ccc2oc3ccccc3c2c1. The van der Waals surface area contributed by atoms with Crippen molar-refractivity contribution in [1.29, 1.82) is 0 Å². The van der Waals surface area contributed by atoms with Crippen molar-refractivity contribution in [2.24, 2.45) is 0 Å². The lowest BCUT2D eigenvalue weighted by atomic mass is 10.0.